The number of sulfonamides is 1. The van der Waals surface area contributed by atoms with Crippen molar-refractivity contribution in [2.45, 2.75) is 23.3 Å². The van der Waals surface area contributed by atoms with Crippen LogP contribution in [0.15, 0.2) is 21.5 Å². The first-order chi connectivity index (χ1) is 9.21. The van der Waals surface area contributed by atoms with Crippen molar-refractivity contribution in [1.82, 2.24) is 4.72 Å². The summed E-state index contributed by atoms with van der Waals surface area (Å²) in [4.78, 5) is 10.1. The van der Waals surface area contributed by atoms with E-state index in [4.69, 9.17) is 10.2 Å². The Labute approximate surface area is 122 Å². The fourth-order valence-corrected chi connectivity index (χ4v) is 3.88. The van der Waals surface area contributed by atoms with Gasteiger partial charge in [-0.15, -0.1) is 0 Å². The van der Waals surface area contributed by atoms with E-state index < -0.39 is 44.4 Å². The highest BCUT2D eigenvalue weighted by atomic mass is 79.9. The van der Waals surface area contributed by atoms with E-state index in [1.54, 1.807) is 0 Å². The molecule has 1 aliphatic rings. The molecule has 0 bridgehead atoms. The van der Waals surface area contributed by atoms with E-state index in [9.17, 15) is 17.6 Å². The van der Waals surface area contributed by atoms with Crippen molar-refractivity contribution in [3.8, 4) is 0 Å². The largest absolute Gasteiger partial charge is 0.478 e. The first-order valence-electron chi connectivity index (χ1n) is 5.58. The molecule has 0 saturated heterocycles. The molecular formula is C11H11BrFNO5S. The van der Waals surface area contributed by atoms with E-state index >= 15 is 0 Å². The second-order valence-electron chi connectivity index (χ2n) is 4.61. The van der Waals surface area contributed by atoms with Crippen LogP contribution in [-0.2, 0) is 10.0 Å². The Hall–Kier alpha value is -1.03. The molecule has 1 fully saturated rings. The van der Waals surface area contributed by atoms with E-state index in [0.29, 0.717) is 12.8 Å². The van der Waals surface area contributed by atoms with Gasteiger partial charge in [0.2, 0.25) is 10.0 Å². The van der Waals surface area contributed by atoms with Gasteiger partial charge in [0.1, 0.15) is 4.90 Å². The standard InChI is InChI=1S/C11H11BrFNO5S/c12-6-3-7(10(16)17)9(13)8(4-6)20(18,19)14-11(5-15)1-2-11/h3-4,14-15H,1-2,5H2,(H,16,17). The minimum Gasteiger partial charge on any atom is -0.478 e. The minimum atomic E-state index is -4.26. The maximum atomic E-state index is 14.0. The zero-order chi connectivity index (χ0) is 15.1. The summed E-state index contributed by atoms with van der Waals surface area (Å²) >= 11 is 2.95. The summed E-state index contributed by atoms with van der Waals surface area (Å²) in [6.45, 7) is -0.395. The molecule has 3 N–H and O–H groups in total. The summed E-state index contributed by atoms with van der Waals surface area (Å²) in [5.74, 6) is -2.90. The smallest absolute Gasteiger partial charge is 0.338 e. The zero-order valence-corrected chi connectivity index (χ0v) is 12.5. The third-order valence-corrected chi connectivity index (χ3v) is 5.07. The van der Waals surface area contributed by atoms with Gasteiger partial charge in [-0.05, 0) is 25.0 Å². The summed E-state index contributed by atoms with van der Waals surface area (Å²) in [7, 11) is -4.26. The van der Waals surface area contributed by atoms with Crippen LogP contribution in [0.5, 0.6) is 0 Å². The fourth-order valence-electron chi connectivity index (χ4n) is 1.70. The molecule has 110 valence electrons. The number of aliphatic hydroxyl groups excluding tert-OH is 1. The Morgan fingerprint density at radius 3 is 2.50 bits per heavy atom. The highest BCUT2D eigenvalue weighted by Gasteiger charge is 2.46. The average molecular weight is 368 g/mol. The molecule has 0 aromatic heterocycles. The summed E-state index contributed by atoms with van der Waals surface area (Å²) in [5.41, 5.74) is -1.70. The van der Waals surface area contributed by atoms with Crippen LogP contribution in [0.3, 0.4) is 0 Å². The van der Waals surface area contributed by atoms with E-state index in [2.05, 4.69) is 20.7 Å². The number of halogens is 2. The van der Waals surface area contributed by atoms with Gasteiger partial charge in [-0.1, -0.05) is 15.9 Å². The quantitative estimate of drug-likeness (QED) is 0.722. The van der Waals surface area contributed by atoms with Gasteiger partial charge < -0.3 is 10.2 Å². The molecule has 20 heavy (non-hydrogen) atoms. The van der Waals surface area contributed by atoms with Crippen molar-refractivity contribution in [1.29, 1.82) is 0 Å². The van der Waals surface area contributed by atoms with Gasteiger partial charge in [0, 0.05) is 4.47 Å². The van der Waals surface area contributed by atoms with Crippen LogP contribution in [0.25, 0.3) is 0 Å². The van der Waals surface area contributed by atoms with Crippen molar-refractivity contribution in [3.05, 3.63) is 28.0 Å². The van der Waals surface area contributed by atoms with Gasteiger partial charge in [0.25, 0.3) is 0 Å². The lowest BCUT2D eigenvalue weighted by molar-refractivity contribution is 0.0691. The topological polar surface area (TPSA) is 104 Å². The highest BCUT2D eigenvalue weighted by molar-refractivity contribution is 9.10. The van der Waals surface area contributed by atoms with Crippen LogP contribution in [0.4, 0.5) is 4.39 Å². The molecule has 0 radical (unpaired) electrons. The molecule has 1 aromatic rings. The van der Waals surface area contributed by atoms with Crippen LogP contribution in [0.1, 0.15) is 23.2 Å². The summed E-state index contributed by atoms with van der Waals surface area (Å²) in [6.07, 6.45) is 0.897. The summed E-state index contributed by atoms with van der Waals surface area (Å²) < 4.78 is 40.6. The number of hydrogen-bond donors (Lipinski definition) is 3. The number of aromatic carboxylic acids is 1. The molecule has 9 heteroatoms. The van der Waals surface area contributed by atoms with Crippen molar-refractivity contribution < 1.29 is 27.8 Å². The first kappa shape index (κ1) is 15.4. The lowest BCUT2D eigenvalue weighted by atomic mass is 10.2. The Kier molecular flexibility index (Phi) is 3.89. The number of hydrogen-bond acceptors (Lipinski definition) is 4. The number of aliphatic hydroxyl groups is 1. The number of rotatable bonds is 5. The molecule has 1 aromatic carbocycles. The first-order valence-corrected chi connectivity index (χ1v) is 7.86. The molecule has 0 heterocycles. The fraction of sp³-hybridized carbons (Fsp3) is 0.364. The lowest BCUT2D eigenvalue weighted by Crippen LogP contribution is -2.40. The molecule has 0 aliphatic heterocycles. The van der Waals surface area contributed by atoms with Gasteiger partial charge in [-0.25, -0.2) is 22.3 Å². The predicted molar refractivity (Wildman–Crippen MR) is 70.4 cm³/mol. The van der Waals surface area contributed by atoms with Gasteiger partial charge >= 0.3 is 5.97 Å². The normalized spacial score (nSPS) is 16.9. The van der Waals surface area contributed by atoms with Crippen molar-refractivity contribution in [2.75, 3.05) is 6.61 Å². The van der Waals surface area contributed by atoms with Gasteiger partial charge in [-0.2, -0.15) is 0 Å². The lowest BCUT2D eigenvalue weighted by Gasteiger charge is -2.15. The second-order valence-corrected chi connectivity index (χ2v) is 7.18. The molecule has 2 rings (SSSR count). The second kappa shape index (κ2) is 5.06. The number of carboxylic acids is 1. The van der Waals surface area contributed by atoms with E-state index in [1.807, 2.05) is 0 Å². The summed E-state index contributed by atoms with van der Waals surface area (Å²) in [5, 5.41) is 18.0. The molecule has 0 spiro atoms. The van der Waals surface area contributed by atoms with Gasteiger partial charge in [0.15, 0.2) is 5.82 Å². The Morgan fingerprint density at radius 2 is 2.05 bits per heavy atom. The van der Waals surface area contributed by atoms with Crippen LogP contribution in [0.2, 0.25) is 0 Å². The molecule has 6 nitrogen and oxygen atoms in total. The zero-order valence-electron chi connectivity index (χ0n) is 10.1. The monoisotopic (exact) mass is 367 g/mol. The molecule has 0 unspecified atom stereocenters. The molecule has 0 atom stereocenters. The maximum Gasteiger partial charge on any atom is 0.338 e. The summed E-state index contributed by atoms with van der Waals surface area (Å²) in [6, 6.07) is 1.97. The van der Waals surface area contributed by atoms with Gasteiger partial charge in [-0.3, -0.25) is 0 Å². The van der Waals surface area contributed by atoms with Crippen molar-refractivity contribution in [2.24, 2.45) is 0 Å². The Morgan fingerprint density at radius 1 is 1.45 bits per heavy atom. The Bertz CT molecular complexity index is 672. The predicted octanol–water partition coefficient (Wildman–Crippen LogP) is 1.09. The third kappa shape index (κ3) is 2.85. The van der Waals surface area contributed by atoms with Crippen LogP contribution < -0.4 is 4.72 Å². The molecule has 0 amide bonds. The Balaban J connectivity index is 2.49. The number of carboxylic acid groups (broad SMARTS) is 1. The van der Waals surface area contributed by atoms with Crippen molar-refractivity contribution >= 4 is 31.9 Å². The minimum absolute atomic E-state index is 0.130. The molecule has 1 saturated carbocycles. The van der Waals surface area contributed by atoms with Crippen LogP contribution in [0, 0.1) is 5.82 Å². The molecular weight excluding hydrogens is 357 g/mol. The maximum absolute atomic E-state index is 14.0. The van der Waals surface area contributed by atoms with E-state index in [1.165, 1.54) is 0 Å². The van der Waals surface area contributed by atoms with Crippen LogP contribution >= 0.6 is 15.9 Å². The van der Waals surface area contributed by atoms with E-state index in [-0.39, 0.29) is 4.47 Å². The van der Waals surface area contributed by atoms with Crippen molar-refractivity contribution in [3.63, 3.8) is 0 Å². The highest BCUT2D eigenvalue weighted by Crippen LogP contribution is 2.37. The van der Waals surface area contributed by atoms with Crippen LogP contribution in [-0.4, -0.2) is 36.7 Å². The number of benzene rings is 1. The molecule has 1 aliphatic carbocycles. The average Bonchev–Trinajstić information content (AvgIpc) is 3.11. The number of carbonyl (C=O) groups is 1. The van der Waals surface area contributed by atoms with E-state index in [0.717, 1.165) is 12.1 Å². The van der Waals surface area contributed by atoms with Gasteiger partial charge in [0.05, 0.1) is 17.7 Å². The third-order valence-electron chi connectivity index (χ3n) is 3.03. The SMILES string of the molecule is O=C(O)c1cc(Br)cc(S(=O)(=O)NC2(CO)CC2)c1F. The number of nitrogens with one attached hydrogen (secondary N) is 1.